The van der Waals surface area contributed by atoms with Gasteiger partial charge in [-0.15, -0.1) is 0 Å². The number of aromatic amines is 1. The van der Waals surface area contributed by atoms with Gasteiger partial charge in [-0.05, 0) is 46.3 Å². The Bertz CT molecular complexity index is 818. The molecular formula is C13H6BrClN4O. The fourth-order valence-corrected chi connectivity index (χ4v) is 2.17. The molecule has 5 nitrogen and oxygen atoms in total. The molecule has 1 N–H and O–H groups in total. The van der Waals surface area contributed by atoms with Crippen LogP contribution in [0.25, 0.3) is 23.0 Å². The standard InChI is InChI=1S/C13H6BrClN4O/c14-9-5-7(1-3-10(9)15)12-18-13(20-19-12)11-4-2-8(6-16)17-11/h1-5,17H. The molecule has 3 aromatic rings. The highest BCUT2D eigenvalue weighted by Crippen LogP contribution is 2.28. The van der Waals surface area contributed by atoms with Crippen LogP contribution >= 0.6 is 27.5 Å². The lowest BCUT2D eigenvalue weighted by Crippen LogP contribution is -1.82. The largest absolute Gasteiger partial charge is 0.342 e. The second-order valence-electron chi connectivity index (χ2n) is 3.95. The van der Waals surface area contributed by atoms with E-state index in [1.165, 1.54) is 0 Å². The Morgan fingerprint density at radius 3 is 2.85 bits per heavy atom. The quantitative estimate of drug-likeness (QED) is 0.758. The molecule has 0 unspecified atom stereocenters. The summed E-state index contributed by atoms with van der Waals surface area (Å²) in [5, 5.41) is 13.3. The van der Waals surface area contributed by atoms with Gasteiger partial charge in [0, 0.05) is 10.0 Å². The van der Waals surface area contributed by atoms with E-state index >= 15 is 0 Å². The van der Waals surface area contributed by atoms with Crippen molar-refractivity contribution in [2.75, 3.05) is 0 Å². The van der Waals surface area contributed by atoms with Gasteiger partial charge in [-0.3, -0.25) is 0 Å². The van der Waals surface area contributed by atoms with Gasteiger partial charge in [-0.2, -0.15) is 10.2 Å². The van der Waals surface area contributed by atoms with Gasteiger partial charge < -0.3 is 9.51 Å². The van der Waals surface area contributed by atoms with E-state index in [9.17, 15) is 0 Å². The SMILES string of the molecule is N#Cc1ccc(-c2nc(-c3ccc(Cl)c(Br)c3)no2)[nH]1. The predicted molar refractivity (Wildman–Crippen MR) is 76.9 cm³/mol. The molecule has 1 aromatic carbocycles. The molecule has 0 saturated carbocycles. The molecule has 98 valence electrons. The second kappa shape index (κ2) is 5.12. The molecule has 0 aliphatic carbocycles. The molecule has 0 fully saturated rings. The zero-order valence-electron chi connectivity index (χ0n) is 9.89. The Balaban J connectivity index is 1.97. The Labute approximate surface area is 127 Å². The lowest BCUT2D eigenvalue weighted by atomic mass is 10.2. The minimum Gasteiger partial charge on any atom is -0.342 e. The third-order valence-corrected chi connectivity index (χ3v) is 3.85. The smallest absolute Gasteiger partial charge is 0.274 e. The first-order chi connectivity index (χ1) is 9.67. The highest BCUT2D eigenvalue weighted by atomic mass is 79.9. The summed E-state index contributed by atoms with van der Waals surface area (Å²) in [7, 11) is 0. The van der Waals surface area contributed by atoms with Crippen LogP contribution in [-0.4, -0.2) is 15.1 Å². The van der Waals surface area contributed by atoms with E-state index in [4.69, 9.17) is 21.4 Å². The monoisotopic (exact) mass is 348 g/mol. The molecule has 2 aromatic heterocycles. The Morgan fingerprint density at radius 2 is 2.15 bits per heavy atom. The number of nitrogens with one attached hydrogen (secondary N) is 1. The van der Waals surface area contributed by atoms with Crippen molar-refractivity contribution in [3.63, 3.8) is 0 Å². The van der Waals surface area contributed by atoms with E-state index in [1.807, 2.05) is 12.1 Å². The number of aromatic nitrogens is 3. The van der Waals surface area contributed by atoms with Gasteiger partial charge in [0.1, 0.15) is 17.5 Å². The van der Waals surface area contributed by atoms with Gasteiger partial charge in [0.2, 0.25) is 5.82 Å². The summed E-state index contributed by atoms with van der Waals surface area (Å²) in [6.45, 7) is 0. The van der Waals surface area contributed by atoms with Crippen LogP contribution in [0.1, 0.15) is 5.69 Å². The summed E-state index contributed by atoms with van der Waals surface area (Å²) in [5.41, 5.74) is 1.82. The molecule has 0 saturated heterocycles. The van der Waals surface area contributed by atoms with Gasteiger partial charge in [-0.25, -0.2) is 0 Å². The van der Waals surface area contributed by atoms with Crippen LogP contribution in [-0.2, 0) is 0 Å². The van der Waals surface area contributed by atoms with Crippen LogP contribution in [0.15, 0.2) is 39.3 Å². The van der Waals surface area contributed by atoms with Crippen LogP contribution in [0, 0.1) is 11.3 Å². The number of benzene rings is 1. The first-order valence-electron chi connectivity index (χ1n) is 5.56. The summed E-state index contributed by atoms with van der Waals surface area (Å²) < 4.78 is 5.94. The highest BCUT2D eigenvalue weighted by Gasteiger charge is 2.13. The van der Waals surface area contributed by atoms with Gasteiger partial charge in [-0.1, -0.05) is 16.8 Å². The average Bonchev–Trinajstić information content (AvgIpc) is 3.09. The van der Waals surface area contributed by atoms with Crippen molar-refractivity contribution in [1.29, 1.82) is 5.26 Å². The molecule has 7 heteroatoms. The van der Waals surface area contributed by atoms with Gasteiger partial charge >= 0.3 is 0 Å². The number of hydrogen-bond donors (Lipinski definition) is 1. The lowest BCUT2D eigenvalue weighted by molar-refractivity contribution is 0.431. The zero-order chi connectivity index (χ0) is 14.1. The number of rotatable bonds is 2. The number of hydrogen-bond acceptors (Lipinski definition) is 4. The van der Waals surface area contributed by atoms with Gasteiger partial charge in [0.05, 0.1) is 5.02 Å². The highest BCUT2D eigenvalue weighted by molar-refractivity contribution is 9.10. The van der Waals surface area contributed by atoms with E-state index in [1.54, 1.807) is 24.3 Å². The maximum Gasteiger partial charge on any atom is 0.274 e. The first kappa shape index (κ1) is 12.9. The predicted octanol–water partition coefficient (Wildman–Crippen LogP) is 4.02. The molecule has 0 radical (unpaired) electrons. The van der Waals surface area contributed by atoms with E-state index in [0.29, 0.717) is 28.1 Å². The zero-order valence-corrected chi connectivity index (χ0v) is 12.2. The molecule has 2 heterocycles. The van der Waals surface area contributed by atoms with Crippen molar-refractivity contribution in [1.82, 2.24) is 15.1 Å². The normalized spacial score (nSPS) is 10.4. The van der Waals surface area contributed by atoms with E-state index < -0.39 is 0 Å². The van der Waals surface area contributed by atoms with E-state index in [2.05, 4.69) is 31.1 Å². The number of halogens is 2. The fourth-order valence-electron chi connectivity index (χ4n) is 1.67. The van der Waals surface area contributed by atoms with Crippen LogP contribution in [0.2, 0.25) is 5.02 Å². The molecule has 0 spiro atoms. The average molecular weight is 350 g/mol. The second-order valence-corrected chi connectivity index (χ2v) is 5.21. The molecule has 20 heavy (non-hydrogen) atoms. The molecule has 3 rings (SSSR count). The fraction of sp³-hybridized carbons (Fsp3) is 0. The van der Waals surface area contributed by atoms with Crippen LogP contribution < -0.4 is 0 Å². The Hall–Kier alpha value is -2.10. The first-order valence-corrected chi connectivity index (χ1v) is 6.73. The minimum absolute atomic E-state index is 0.326. The number of H-pyrrole nitrogens is 1. The van der Waals surface area contributed by atoms with Crippen LogP contribution in [0.3, 0.4) is 0 Å². The summed E-state index contributed by atoms with van der Waals surface area (Å²) in [4.78, 5) is 7.16. The van der Waals surface area contributed by atoms with Gasteiger partial charge in [0.25, 0.3) is 5.89 Å². The van der Waals surface area contributed by atoms with E-state index in [0.717, 1.165) is 10.0 Å². The molecule has 0 bridgehead atoms. The third kappa shape index (κ3) is 2.33. The Kier molecular flexibility index (Phi) is 3.30. The Morgan fingerprint density at radius 1 is 1.30 bits per heavy atom. The topological polar surface area (TPSA) is 78.5 Å². The number of nitrogens with zero attached hydrogens (tertiary/aromatic N) is 3. The van der Waals surface area contributed by atoms with E-state index in [-0.39, 0.29) is 0 Å². The lowest BCUT2D eigenvalue weighted by Gasteiger charge is -1.97. The maximum atomic E-state index is 8.77. The number of nitriles is 1. The minimum atomic E-state index is 0.326. The van der Waals surface area contributed by atoms with Crippen molar-refractivity contribution in [2.24, 2.45) is 0 Å². The summed E-state index contributed by atoms with van der Waals surface area (Å²) in [6, 6.07) is 10.7. The van der Waals surface area contributed by atoms with Crippen LogP contribution in [0.4, 0.5) is 0 Å². The van der Waals surface area contributed by atoms with Crippen molar-refractivity contribution >= 4 is 27.5 Å². The van der Waals surface area contributed by atoms with Crippen molar-refractivity contribution in [3.05, 3.63) is 45.5 Å². The van der Waals surface area contributed by atoms with Crippen molar-refractivity contribution < 1.29 is 4.52 Å². The maximum absolute atomic E-state index is 8.77. The molecule has 0 amide bonds. The molecule has 0 aliphatic rings. The molecule has 0 aliphatic heterocycles. The van der Waals surface area contributed by atoms with Crippen molar-refractivity contribution in [2.45, 2.75) is 0 Å². The molecule has 0 atom stereocenters. The van der Waals surface area contributed by atoms with Gasteiger partial charge in [0.15, 0.2) is 0 Å². The summed E-state index contributed by atoms with van der Waals surface area (Å²) in [6.07, 6.45) is 0. The molecular weight excluding hydrogens is 344 g/mol. The summed E-state index contributed by atoms with van der Waals surface area (Å²) in [5.74, 6) is 0.776. The van der Waals surface area contributed by atoms with Crippen LogP contribution in [0.5, 0.6) is 0 Å². The third-order valence-electron chi connectivity index (χ3n) is 2.64. The summed E-state index contributed by atoms with van der Waals surface area (Å²) >= 11 is 9.29. The van der Waals surface area contributed by atoms with Crippen molar-refractivity contribution in [3.8, 4) is 29.0 Å².